The minimum absolute atomic E-state index is 0.0155. The van der Waals surface area contributed by atoms with Crippen molar-refractivity contribution in [1.29, 1.82) is 0 Å². The van der Waals surface area contributed by atoms with Crippen molar-refractivity contribution in [1.82, 2.24) is 5.32 Å². The number of carbonyl (C=O) groups is 1. The van der Waals surface area contributed by atoms with E-state index in [0.29, 0.717) is 12.4 Å². The van der Waals surface area contributed by atoms with Gasteiger partial charge in [0.2, 0.25) is 0 Å². The molecule has 0 saturated heterocycles. The van der Waals surface area contributed by atoms with Crippen molar-refractivity contribution in [3.8, 4) is 5.75 Å². The fraction of sp³-hybridized carbons (Fsp3) is 0.562. The summed E-state index contributed by atoms with van der Waals surface area (Å²) in [7, 11) is 0. The molecule has 0 bridgehead atoms. The van der Waals surface area contributed by atoms with E-state index >= 15 is 0 Å². The molecule has 1 rings (SSSR count). The van der Waals surface area contributed by atoms with Crippen LogP contribution < -0.4 is 10.1 Å². The van der Waals surface area contributed by atoms with Gasteiger partial charge in [-0.2, -0.15) is 0 Å². The van der Waals surface area contributed by atoms with Crippen LogP contribution in [0.1, 0.15) is 45.2 Å². The van der Waals surface area contributed by atoms with Crippen LogP contribution in [0.25, 0.3) is 0 Å². The van der Waals surface area contributed by atoms with Gasteiger partial charge in [0.25, 0.3) is 0 Å². The predicted molar refractivity (Wildman–Crippen MR) is 79.9 cm³/mol. The molecule has 0 heterocycles. The van der Waals surface area contributed by atoms with Crippen LogP contribution in [0, 0.1) is 5.82 Å². The zero-order valence-electron chi connectivity index (χ0n) is 12.9. The molecule has 1 aromatic carbocycles. The summed E-state index contributed by atoms with van der Waals surface area (Å²) in [5.41, 5.74) is 0.819. The summed E-state index contributed by atoms with van der Waals surface area (Å²) >= 11 is 0. The number of halogens is 1. The molecule has 0 amide bonds. The van der Waals surface area contributed by atoms with E-state index in [4.69, 9.17) is 9.47 Å². The molecular weight excluding hydrogens is 273 g/mol. The van der Waals surface area contributed by atoms with E-state index in [1.807, 2.05) is 20.8 Å². The topological polar surface area (TPSA) is 47.6 Å². The Balaban J connectivity index is 2.64. The van der Waals surface area contributed by atoms with Crippen molar-refractivity contribution < 1.29 is 18.7 Å². The van der Waals surface area contributed by atoms with Crippen LogP contribution in [0.2, 0.25) is 0 Å². The van der Waals surface area contributed by atoms with Crippen molar-refractivity contribution in [2.45, 2.75) is 39.7 Å². The van der Waals surface area contributed by atoms with Gasteiger partial charge in [0.05, 0.1) is 6.61 Å². The normalized spacial score (nSPS) is 12.0. The molecule has 0 fully saturated rings. The van der Waals surface area contributed by atoms with Gasteiger partial charge in [-0.1, -0.05) is 26.3 Å². The van der Waals surface area contributed by atoms with Crippen LogP contribution in [0.15, 0.2) is 18.2 Å². The van der Waals surface area contributed by atoms with Gasteiger partial charge >= 0.3 is 5.97 Å². The van der Waals surface area contributed by atoms with Gasteiger partial charge in [-0.25, -0.2) is 9.18 Å². The number of hydrogen-bond donors (Lipinski definition) is 1. The van der Waals surface area contributed by atoms with Crippen molar-refractivity contribution in [2.24, 2.45) is 0 Å². The molecule has 4 nitrogen and oxygen atoms in total. The fourth-order valence-electron chi connectivity index (χ4n) is 1.92. The molecule has 0 spiro atoms. The van der Waals surface area contributed by atoms with E-state index in [-0.39, 0.29) is 12.6 Å². The summed E-state index contributed by atoms with van der Waals surface area (Å²) in [5, 5.41) is 3.23. The zero-order chi connectivity index (χ0) is 15.7. The van der Waals surface area contributed by atoms with Crippen molar-refractivity contribution in [3.63, 3.8) is 0 Å². The summed E-state index contributed by atoms with van der Waals surface area (Å²) in [6, 6.07) is 4.36. The van der Waals surface area contributed by atoms with Crippen LogP contribution in [-0.4, -0.2) is 25.7 Å². The third kappa shape index (κ3) is 6.12. The van der Waals surface area contributed by atoms with Gasteiger partial charge in [-0.3, -0.25) is 0 Å². The Bertz CT molecular complexity index is 451. The van der Waals surface area contributed by atoms with Gasteiger partial charge in [0.1, 0.15) is 11.6 Å². The summed E-state index contributed by atoms with van der Waals surface area (Å²) in [4.78, 5) is 11.5. The van der Waals surface area contributed by atoms with Crippen LogP contribution in [-0.2, 0) is 9.53 Å². The number of unbranched alkanes of at least 4 members (excludes halogenated alkanes) is 1. The average molecular weight is 297 g/mol. The lowest BCUT2D eigenvalue weighted by Gasteiger charge is -2.17. The molecule has 0 radical (unpaired) electrons. The van der Waals surface area contributed by atoms with Crippen molar-refractivity contribution in [2.75, 3.05) is 19.8 Å². The van der Waals surface area contributed by atoms with E-state index in [1.54, 1.807) is 6.07 Å². The maximum atomic E-state index is 13.4. The predicted octanol–water partition coefficient (Wildman–Crippen LogP) is 3.22. The second-order valence-electron chi connectivity index (χ2n) is 4.82. The molecule has 21 heavy (non-hydrogen) atoms. The van der Waals surface area contributed by atoms with E-state index < -0.39 is 11.8 Å². The van der Waals surface area contributed by atoms with Gasteiger partial charge in [-0.15, -0.1) is 0 Å². The third-order valence-corrected chi connectivity index (χ3v) is 3.06. The molecular formula is C16H24FNO3. The van der Waals surface area contributed by atoms with Crippen molar-refractivity contribution >= 4 is 5.97 Å². The molecule has 0 saturated carbocycles. The lowest BCUT2D eigenvalue weighted by atomic mass is 10.1. The first kappa shape index (κ1) is 17.4. The summed E-state index contributed by atoms with van der Waals surface area (Å²) in [6.07, 6.45) is 1.79. The van der Waals surface area contributed by atoms with Crippen LogP contribution in [0.4, 0.5) is 4.39 Å². The highest BCUT2D eigenvalue weighted by Crippen LogP contribution is 2.26. The Morgan fingerprint density at radius 3 is 2.81 bits per heavy atom. The molecule has 5 heteroatoms. The van der Waals surface area contributed by atoms with Gasteiger partial charge in [0.15, 0.2) is 6.61 Å². The second-order valence-corrected chi connectivity index (χ2v) is 4.82. The fourth-order valence-corrected chi connectivity index (χ4v) is 1.92. The maximum Gasteiger partial charge on any atom is 0.344 e. The number of esters is 1. The number of benzene rings is 1. The highest BCUT2D eigenvalue weighted by molar-refractivity contribution is 5.71. The first-order chi connectivity index (χ1) is 10.1. The lowest BCUT2D eigenvalue weighted by Crippen LogP contribution is -2.20. The highest BCUT2D eigenvalue weighted by Gasteiger charge is 2.13. The Hall–Kier alpha value is -1.62. The molecule has 1 aromatic rings. The lowest BCUT2D eigenvalue weighted by molar-refractivity contribution is -0.146. The average Bonchev–Trinajstić information content (AvgIpc) is 2.45. The highest BCUT2D eigenvalue weighted by atomic mass is 19.1. The van der Waals surface area contributed by atoms with Gasteiger partial charge < -0.3 is 14.8 Å². The second kappa shape index (κ2) is 9.34. The van der Waals surface area contributed by atoms with Crippen LogP contribution in [0.5, 0.6) is 5.75 Å². The largest absolute Gasteiger partial charge is 0.481 e. The van der Waals surface area contributed by atoms with Crippen molar-refractivity contribution in [3.05, 3.63) is 29.6 Å². The number of hydrogen-bond acceptors (Lipinski definition) is 4. The summed E-state index contributed by atoms with van der Waals surface area (Å²) in [6.45, 7) is 6.94. The molecule has 0 aromatic heterocycles. The molecule has 0 aliphatic rings. The first-order valence-electron chi connectivity index (χ1n) is 7.39. The standard InChI is InChI=1S/C16H24FNO3/c1-4-6-9-20-16(19)11-21-15-10-13(17)7-8-14(15)12(3)18-5-2/h7-8,10,12,18H,4-6,9,11H2,1-3H3. The Morgan fingerprint density at radius 1 is 1.38 bits per heavy atom. The SMILES string of the molecule is CCCCOC(=O)COc1cc(F)ccc1C(C)NCC. The Labute approximate surface area is 125 Å². The first-order valence-corrected chi connectivity index (χ1v) is 7.39. The van der Waals surface area contributed by atoms with Crippen LogP contribution in [0.3, 0.4) is 0 Å². The number of carbonyl (C=O) groups excluding carboxylic acids is 1. The number of rotatable bonds is 9. The van der Waals surface area contributed by atoms with Gasteiger partial charge in [-0.05, 0) is 26.0 Å². The minimum atomic E-state index is -0.435. The monoisotopic (exact) mass is 297 g/mol. The minimum Gasteiger partial charge on any atom is -0.481 e. The molecule has 1 atom stereocenters. The Kier molecular flexibility index (Phi) is 7.75. The molecule has 1 N–H and O–H groups in total. The quantitative estimate of drug-likeness (QED) is 0.561. The molecule has 0 aliphatic carbocycles. The maximum absolute atomic E-state index is 13.4. The summed E-state index contributed by atoms with van der Waals surface area (Å²) < 4.78 is 23.8. The molecule has 1 unspecified atom stereocenters. The number of ether oxygens (including phenoxy) is 2. The number of nitrogens with one attached hydrogen (secondary N) is 1. The zero-order valence-corrected chi connectivity index (χ0v) is 12.9. The van der Waals surface area contributed by atoms with E-state index in [0.717, 1.165) is 24.9 Å². The smallest absolute Gasteiger partial charge is 0.344 e. The third-order valence-electron chi connectivity index (χ3n) is 3.06. The van der Waals surface area contributed by atoms with Crippen LogP contribution >= 0.6 is 0 Å². The van der Waals surface area contributed by atoms with E-state index in [9.17, 15) is 9.18 Å². The molecule has 118 valence electrons. The van der Waals surface area contributed by atoms with E-state index in [2.05, 4.69) is 5.32 Å². The molecule has 0 aliphatic heterocycles. The van der Waals surface area contributed by atoms with Gasteiger partial charge in [0, 0.05) is 17.7 Å². The van der Waals surface area contributed by atoms with E-state index in [1.165, 1.54) is 12.1 Å². The summed E-state index contributed by atoms with van der Waals surface area (Å²) in [5.74, 6) is -0.456. The Morgan fingerprint density at radius 2 is 2.14 bits per heavy atom.